The summed E-state index contributed by atoms with van der Waals surface area (Å²) >= 11 is 0. The molecule has 1 atom stereocenters. The van der Waals surface area contributed by atoms with Gasteiger partial charge in [0.05, 0.1) is 5.92 Å². The Bertz CT molecular complexity index is 683. The molecule has 1 N–H and O–H groups in total. The van der Waals surface area contributed by atoms with Crippen LogP contribution in [-0.2, 0) is 27.3 Å². The Labute approximate surface area is 161 Å². The van der Waals surface area contributed by atoms with Crippen LogP contribution in [0.25, 0.3) is 0 Å². The molecular weight excluding hydrogens is 344 g/mol. The monoisotopic (exact) mass is 374 g/mol. The van der Waals surface area contributed by atoms with Gasteiger partial charge in [0.25, 0.3) is 0 Å². The van der Waals surface area contributed by atoms with Gasteiger partial charge in [-0.2, -0.15) is 0 Å². The number of ether oxygens (including phenoxy) is 1. The number of hydrogen-bond donors (Lipinski definition) is 1. The largest absolute Gasteiger partial charge is 0.481 e. The fraction of sp³-hybridized carbons (Fsp3) is 0.619. The number of likely N-dealkylation sites (tertiary alicyclic amines) is 2. The van der Waals surface area contributed by atoms with E-state index in [4.69, 9.17) is 4.74 Å². The van der Waals surface area contributed by atoms with Gasteiger partial charge in [-0.25, -0.2) is 0 Å². The molecule has 0 aliphatic carbocycles. The summed E-state index contributed by atoms with van der Waals surface area (Å²) in [5.41, 5.74) is 2.37. The summed E-state index contributed by atoms with van der Waals surface area (Å²) in [6, 6.07) is 8.40. The van der Waals surface area contributed by atoms with Crippen LogP contribution < -0.4 is 0 Å². The van der Waals surface area contributed by atoms with E-state index in [1.54, 1.807) is 0 Å². The lowest BCUT2D eigenvalue weighted by Crippen LogP contribution is -2.48. The first-order chi connectivity index (χ1) is 13.0. The van der Waals surface area contributed by atoms with Crippen molar-refractivity contribution in [2.45, 2.75) is 32.7 Å². The van der Waals surface area contributed by atoms with Gasteiger partial charge < -0.3 is 14.7 Å². The highest BCUT2D eigenvalue weighted by atomic mass is 16.5. The van der Waals surface area contributed by atoms with Gasteiger partial charge in [-0.15, -0.1) is 0 Å². The number of rotatable bonds is 6. The molecule has 1 amide bonds. The second kappa shape index (κ2) is 8.40. The standard InChI is InChI=1S/C21H30N2O4/c1-3-16-6-4-5-7-17(16)12-22-13-18(20(25)26)21(15-22)8-10-23(11-9-21)19(24)14-27-2/h4-7,18H,3,8-15H2,1-2H3,(H,25,26). The van der Waals surface area contributed by atoms with E-state index in [2.05, 4.69) is 36.1 Å². The molecule has 6 nitrogen and oxygen atoms in total. The van der Waals surface area contributed by atoms with Crippen LogP contribution in [0.4, 0.5) is 0 Å². The summed E-state index contributed by atoms with van der Waals surface area (Å²) in [5, 5.41) is 9.85. The third kappa shape index (κ3) is 4.17. The molecule has 2 aliphatic heterocycles. The van der Waals surface area contributed by atoms with E-state index in [-0.39, 0.29) is 23.8 Å². The zero-order valence-electron chi connectivity index (χ0n) is 16.3. The minimum Gasteiger partial charge on any atom is -0.481 e. The van der Waals surface area contributed by atoms with E-state index < -0.39 is 5.97 Å². The maximum Gasteiger partial charge on any atom is 0.308 e. The van der Waals surface area contributed by atoms with Crippen LogP contribution in [0.1, 0.15) is 30.9 Å². The predicted octanol–water partition coefficient (Wildman–Crippen LogP) is 2.02. The van der Waals surface area contributed by atoms with Gasteiger partial charge in [0.2, 0.25) is 5.91 Å². The third-order valence-electron chi connectivity index (χ3n) is 6.29. The molecule has 0 aromatic heterocycles. The normalized spacial score (nSPS) is 22.3. The van der Waals surface area contributed by atoms with Crippen molar-refractivity contribution in [1.82, 2.24) is 9.80 Å². The van der Waals surface area contributed by atoms with Crippen LogP contribution in [0.5, 0.6) is 0 Å². The van der Waals surface area contributed by atoms with Crippen LogP contribution in [0.15, 0.2) is 24.3 Å². The van der Waals surface area contributed by atoms with E-state index in [1.165, 1.54) is 18.2 Å². The van der Waals surface area contributed by atoms with Crippen molar-refractivity contribution in [2.24, 2.45) is 11.3 Å². The van der Waals surface area contributed by atoms with Crippen molar-refractivity contribution >= 4 is 11.9 Å². The number of carboxylic acids is 1. The van der Waals surface area contributed by atoms with E-state index >= 15 is 0 Å². The lowest BCUT2D eigenvalue weighted by Gasteiger charge is -2.41. The Morgan fingerprint density at radius 1 is 1.22 bits per heavy atom. The number of carbonyl (C=O) groups is 2. The van der Waals surface area contributed by atoms with Crippen LogP contribution >= 0.6 is 0 Å². The molecule has 6 heteroatoms. The molecule has 0 bridgehead atoms. The lowest BCUT2D eigenvalue weighted by molar-refractivity contribution is -0.147. The molecule has 2 aliphatic rings. The molecule has 0 radical (unpaired) electrons. The van der Waals surface area contributed by atoms with Crippen molar-refractivity contribution in [3.63, 3.8) is 0 Å². The topological polar surface area (TPSA) is 70.1 Å². The maximum atomic E-state index is 12.1. The van der Waals surface area contributed by atoms with Crippen LogP contribution in [0.3, 0.4) is 0 Å². The number of aryl methyl sites for hydroxylation is 1. The molecule has 0 saturated carbocycles. The molecule has 148 valence electrons. The minimum atomic E-state index is -0.710. The van der Waals surface area contributed by atoms with Crippen molar-refractivity contribution < 1.29 is 19.4 Å². The maximum absolute atomic E-state index is 12.1. The van der Waals surface area contributed by atoms with Gasteiger partial charge in [-0.05, 0) is 30.4 Å². The summed E-state index contributed by atoms with van der Waals surface area (Å²) in [7, 11) is 1.52. The van der Waals surface area contributed by atoms with E-state index in [0.717, 1.165) is 32.4 Å². The Morgan fingerprint density at radius 3 is 2.48 bits per heavy atom. The molecule has 3 rings (SSSR count). The van der Waals surface area contributed by atoms with Gasteiger partial charge in [0, 0.05) is 45.2 Å². The second-order valence-corrected chi connectivity index (χ2v) is 7.86. The lowest BCUT2D eigenvalue weighted by atomic mass is 9.71. The fourth-order valence-corrected chi connectivity index (χ4v) is 4.75. The van der Waals surface area contributed by atoms with E-state index in [0.29, 0.717) is 19.6 Å². The quantitative estimate of drug-likeness (QED) is 0.825. The summed E-state index contributed by atoms with van der Waals surface area (Å²) in [4.78, 5) is 28.2. The number of benzene rings is 1. The number of hydrogen-bond acceptors (Lipinski definition) is 4. The van der Waals surface area contributed by atoms with E-state index in [1.807, 2.05) is 4.90 Å². The highest BCUT2D eigenvalue weighted by molar-refractivity contribution is 5.77. The van der Waals surface area contributed by atoms with Gasteiger partial charge >= 0.3 is 5.97 Å². The van der Waals surface area contributed by atoms with Gasteiger partial charge in [0.15, 0.2) is 0 Å². The van der Waals surface area contributed by atoms with Crippen LogP contribution in [0, 0.1) is 11.3 Å². The minimum absolute atomic E-state index is 0.00838. The molecule has 1 aromatic carbocycles. The summed E-state index contributed by atoms with van der Waals surface area (Å²) in [6.07, 6.45) is 2.46. The van der Waals surface area contributed by atoms with Gasteiger partial charge in [-0.3, -0.25) is 14.5 Å². The number of nitrogens with zero attached hydrogens (tertiary/aromatic N) is 2. The summed E-state index contributed by atoms with van der Waals surface area (Å²) in [5.74, 6) is -1.09. The molecule has 1 unspecified atom stereocenters. The second-order valence-electron chi connectivity index (χ2n) is 7.86. The summed E-state index contributed by atoms with van der Waals surface area (Å²) < 4.78 is 4.94. The Balaban J connectivity index is 1.70. The number of piperidine rings is 1. The Hall–Kier alpha value is -1.92. The van der Waals surface area contributed by atoms with Crippen LogP contribution in [0.2, 0.25) is 0 Å². The van der Waals surface area contributed by atoms with Gasteiger partial charge in [-0.1, -0.05) is 31.2 Å². The van der Waals surface area contributed by atoms with Crippen molar-refractivity contribution in [2.75, 3.05) is 39.9 Å². The first kappa shape index (κ1) is 19.8. The number of carboxylic acid groups (broad SMARTS) is 1. The SMILES string of the molecule is CCc1ccccc1CN1CC(C(=O)O)C2(CCN(C(=O)COC)CC2)C1. The molecule has 2 heterocycles. The highest BCUT2D eigenvalue weighted by Gasteiger charge is 2.51. The number of amides is 1. The number of carbonyl (C=O) groups excluding carboxylic acids is 1. The molecule has 1 spiro atoms. The summed E-state index contributed by atoms with van der Waals surface area (Å²) in [6.45, 7) is 5.64. The zero-order chi connectivity index (χ0) is 19.4. The highest BCUT2D eigenvalue weighted by Crippen LogP contribution is 2.45. The van der Waals surface area contributed by atoms with Crippen LogP contribution in [-0.4, -0.2) is 66.7 Å². The Morgan fingerprint density at radius 2 is 1.89 bits per heavy atom. The van der Waals surface area contributed by atoms with Crippen molar-refractivity contribution in [3.05, 3.63) is 35.4 Å². The fourth-order valence-electron chi connectivity index (χ4n) is 4.75. The average Bonchev–Trinajstić information content (AvgIpc) is 3.01. The molecular formula is C21H30N2O4. The zero-order valence-corrected chi connectivity index (χ0v) is 16.3. The van der Waals surface area contributed by atoms with Gasteiger partial charge in [0.1, 0.15) is 6.61 Å². The molecule has 1 aromatic rings. The molecule has 2 fully saturated rings. The number of methoxy groups -OCH3 is 1. The molecule has 27 heavy (non-hydrogen) atoms. The smallest absolute Gasteiger partial charge is 0.308 e. The predicted molar refractivity (Wildman–Crippen MR) is 102 cm³/mol. The Kier molecular flexibility index (Phi) is 6.17. The van der Waals surface area contributed by atoms with Crippen molar-refractivity contribution in [1.29, 1.82) is 0 Å². The van der Waals surface area contributed by atoms with Crippen molar-refractivity contribution in [3.8, 4) is 0 Å². The first-order valence-corrected chi connectivity index (χ1v) is 9.77. The van der Waals surface area contributed by atoms with E-state index in [9.17, 15) is 14.7 Å². The number of aliphatic carboxylic acids is 1. The first-order valence-electron chi connectivity index (χ1n) is 9.77. The average molecular weight is 374 g/mol. The molecule has 2 saturated heterocycles. The third-order valence-corrected chi connectivity index (χ3v) is 6.29.